The second kappa shape index (κ2) is 3.68. The van der Waals surface area contributed by atoms with Crippen LogP contribution in [0.4, 0.5) is 0 Å². The smallest absolute Gasteiger partial charge is 0.264 e. The molecule has 3 nitrogen and oxygen atoms in total. The summed E-state index contributed by atoms with van der Waals surface area (Å²) in [5.41, 5.74) is 3.36. The summed E-state index contributed by atoms with van der Waals surface area (Å²) in [7, 11) is 0. The lowest BCUT2D eigenvalue weighted by Crippen LogP contribution is -2.22. The molecular weight excluding hydrogens is 260 g/mol. The van der Waals surface area contributed by atoms with Gasteiger partial charge in [-0.1, -0.05) is 29.8 Å². The maximum absolute atomic E-state index is 12.6. The van der Waals surface area contributed by atoms with Gasteiger partial charge in [-0.05, 0) is 29.8 Å². The van der Waals surface area contributed by atoms with Gasteiger partial charge in [0.25, 0.3) is 5.91 Å². The fourth-order valence-corrected chi connectivity index (χ4v) is 2.78. The Hall–Kier alpha value is -2.13. The Morgan fingerprint density at radius 2 is 2.00 bits per heavy atom. The monoisotopic (exact) mass is 268 g/mol. The average molecular weight is 269 g/mol. The van der Waals surface area contributed by atoms with Gasteiger partial charge in [-0.25, -0.2) is 4.98 Å². The molecule has 0 atom stereocenters. The maximum Gasteiger partial charge on any atom is 0.264 e. The standard InChI is InChI=1S/C15H9ClN2O/c16-10-5-6-12-13(8-10)18-14(17-12)7-9-3-1-2-4-11(9)15(18)19/h1-6,8H,7H2. The lowest BCUT2D eigenvalue weighted by molar-refractivity contribution is 0.0956. The molecule has 0 amide bonds. The Morgan fingerprint density at radius 3 is 2.89 bits per heavy atom. The fourth-order valence-electron chi connectivity index (χ4n) is 2.62. The molecule has 1 aliphatic rings. The van der Waals surface area contributed by atoms with Crippen LogP contribution in [0.5, 0.6) is 0 Å². The molecule has 4 heteroatoms. The molecule has 0 radical (unpaired) electrons. The minimum atomic E-state index is -0.0263. The van der Waals surface area contributed by atoms with E-state index in [1.807, 2.05) is 30.3 Å². The molecular formula is C15H9ClN2O. The lowest BCUT2D eigenvalue weighted by Gasteiger charge is -2.16. The molecule has 0 saturated heterocycles. The van der Waals surface area contributed by atoms with Crippen molar-refractivity contribution in [1.29, 1.82) is 0 Å². The summed E-state index contributed by atoms with van der Waals surface area (Å²) < 4.78 is 1.67. The molecule has 0 aliphatic carbocycles. The first-order valence-corrected chi connectivity index (χ1v) is 6.41. The van der Waals surface area contributed by atoms with Crippen molar-refractivity contribution in [3.8, 4) is 0 Å². The first kappa shape index (κ1) is 10.8. The number of carbonyl (C=O) groups excluding carboxylic acids is 1. The second-order valence-electron chi connectivity index (χ2n) is 4.64. The third kappa shape index (κ3) is 1.45. The Bertz CT molecular complexity index is 835. The summed E-state index contributed by atoms with van der Waals surface area (Å²) in [6.45, 7) is 0. The van der Waals surface area contributed by atoms with E-state index in [9.17, 15) is 4.79 Å². The quantitative estimate of drug-likeness (QED) is 0.490. The van der Waals surface area contributed by atoms with E-state index in [4.69, 9.17) is 11.6 Å². The van der Waals surface area contributed by atoms with Crippen molar-refractivity contribution >= 4 is 28.5 Å². The summed E-state index contributed by atoms with van der Waals surface area (Å²) in [5, 5.41) is 0.613. The summed E-state index contributed by atoms with van der Waals surface area (Å²) >= 11 is 6.01. The molecule has 0 N–H and O–H groups in total. The summed E-state index contributed by atoms with van der Waals surface area (Å²) in [6.07, 6.45) is 0.675. The van der Waals surface area contributed by atoms with Crippen LogP contribution in [0, 0.1) is 0 Å². The molecule has 0 unspecified atom stereocenters. The largest absolute Gasteiger partial charge is 0.268 e. The van der Waals surface area contributed by atoms with Crippen molar-refractivity contribution in [2.45, 2.75) is 6.42 Å². The molecule has 4 rings (SSSR count). The third-order valence-electron chi connectivity index (χ3n) is 3.49. The molecule has 1 aliphatic heterocycles. The van der Waals surface area contributed by atoms with E-state index in [1.54, 1.807) is 16.7 Å². The highest BCUT2D eigenvalue weighted by Crippen LogP contribution is 2.28. The van der Waals surface area contributed by atoms with E-state index >= 15 is 0 Å². The number of aromatic nitrogens is 2. The van der Waals surface area contributed by atoms with Crippen molar-refractivity contribution < 1.29 is 4.79 Å². The van der Waals surface area contributed by atoms with Gasteiger partial charge in [-0.15, -0.1) is 0 Å². The van der Waals surface area contributed by atoms with Crippen LogP contribution in [0.25, 0.3) is 11.0 Å². The number of hydrogen-bond donors (Lipinski definition) is 0. The van der Waals surface area contributed by atoms with E-state index in [2.05, 4.69) is 4.98 Å². The van der Waals surface area contributed by atoms with Gasteiger partial charge in [-0.3, -0.25) is 9.36 Å². The maximum atomic E-state index is 12.6. The number of carbonyl (C=O) groups is 1. The first-order chi connectivity index (χ1) is 9.24. The van der Waals surface area contributed by atoms with Crippen LogP contribution in [0.2, 0.25) is 5.02 Å². The average Bonchev–Trinajstić information content (AvgIpc) is 2.76. The van der Waals surface area contributed by atoms with Crippen LogP contribution in [0.15, 0.2) is 42.5 Å². The Morgan fingerprint density at radius 1 is 1.16 bits per heavy atom. The van der Waals surface area contributed by atoms with Gasteiger partial charge in [0.15, 0.2) is 0 Å². The van der Waals surface area contributed by atoms with Crippen LogP contribution >= 0.6 is 11.6 Å². The highest BCUT2D eigenvalue weighted by Gasteiger charge is 2.25. The van der Waals surface area contributed by atoms with Gasteiger partial charge in [-0.2, -0.15) is 0 Å². The highest BCUT2D eigenvalue weighted by molar-refractivity contribution is 6.31. The molecule has 2 aromatic carbocycles. The van der Waals surface area contributed by atoms with E-state index in [-0.39, 0.29) is 5.91 Å². The topological polar surface area (TPSA) is 34.9 Å². The molecule has 0 spiro atoms. The lowest BCUT2D eigenvalue weighted by atomic mass is 10.0. The number of nitrogens with zero attached hydrogens (tertiary/aromatic N) is 2. The zero-order valence-corrected chi connectivity index (χ0v) is 10.7. The molecule has 19 heavy (non-hydrogen) atoms. The van der Waals surface area contributed by atoms with Gasteiger partial charge in [0, 0.05) is 17.0 Å². The predicted molar refractivity (Wildman–Crippen MR) is 73.7 cm³/mol. The van der Waals surface area contributed by atoms with Gasteiger partial charge >= 0.3 is 0 Å². The molecule has 2 heterocycles. The summed E-state index contributed by atoms with van der Waals surface area (Å²) in [5.74, 6) is 0.752. The van der Waals surface area contributed by atoms with Gasteiger partial charge in [0.1, 0.15) is 5.82 Å². The van der Waals surface area contributed by atoms with Crippen molar-refractivity contribution in [2.24, 2.45) is 0 Å². The van der Waals surface area contributed by atoms with Crippen LogP contribution in [-0.4, -0.2) is 15.5 Å². The van der Waals surface area contributed by atoms with Crippen LogP contribution in [0.3, 0.4) is 0 Å². The van der Waals surface area contributed by atoms with Crippen LogP contribution in [-0.2, 0) is 6.42 Å². The third-order valence-corrected chi connectivity index (χ3v) is 3.72. The summed E-state index contributed by atoms with van der Waals surface area (Å²) in [6, 6.07) is 13.1. The van der Waals surface area contributed by atoms with Crippen molar-refractivity contribution in [3.63, 3.8) is 0 Å². The molecule has 0 fully saturated rings. The minimum Gasteiger partial charge on any atom is -0.268 e. The Kier molecular flexibility index (Phi) is 2.09. The van der Waals surface area contributed by atoms with Crippen LogP contribution < -0.4 is 0 Å². The van der Waals surface area contributed by atoms with E-state index in [1.165, 1.54) is 0 Å². The SMILES string of the molecule is O=C1c2ccccc2Cc2nc3ccc(Cl)cc3n21. The first-order valence-electron chi connectivity index (χ1n) is 6.03. The molecule has 3 aromatic rings. The second-order valence-corrected chi connectivity index (χ2v) is 5.07. The molecule has 1 aromatic heterocycles. The minimum absolute atomic E-state index is 0.0263. The zero-order valence-electron chi connectivity index (χ0n) is 9.93. The van der Waals surface area contributed by atoms with Crippen molar-refractivity contribution in [3.05, 3.63) is 64.4 Å². The van der Waals surface area contributed by atoms with E-state index in [0.29, 0.717) is 11.4 Å². The molecule has 0 saturated carbocycles. The van der Waals surface area contributed by atoms with Crippen molar-refractivity contribution in [2.75, 3.05) is 0 Å². The zero-order chi connectivity index (χ0) is 13.0. The number of hydrogen-bond acceptors (Lipinski definition) is 2. The highest BCUT2D eigenvalue weighted by atomic mass is 35.5. The molecule has 0 bridgehead atoms. The van der Waals surface area contributed by atoms with Gasteiger partial charge < -0.3 is 0 Å². The number of imidazole rings is 1. The van der Waals surface area contributed by atoms with Gasteiger partial charge in [0.2, 0.25) is 0 Å². The van der Waals surface area contributed by atoms with Crippen molar-refractivity contribution in [1.82, 2.24) is 9.55 Å². The predicted octanol–water partition coefficient (Wildman–Crippen LogP) is 3.28. The van der Waals surface area contributed by atoms with Crippen LogP contribution in [0.1, 0.15) is 21.7 Å². The number of rotatable bonds is 0. The Labute approximate surface area is 114 Å². The summed E-state index contributed by atoms with van der Waals surface area (Å²) in [4.78, 5) is 17.1. The number of halogens is 1. The fraction of sp³-hybridized carbons (Fsp3) is 0.0667. The normalized spacial score (nSPS) is 13.4. The number of benzene rings is 2. The van der Waals surface area contributed by atoms with E-state index in [0.717, 1.165) is 28.0 Å². The Balaban J connectivity index is 2.05. The molecule has 92 valence electrons. The van der Waals surface area contributed by atoms with Gasteiger partial charge in [0.05, 0.1) is 11.0 Å². The number of fused-ring (bicyclic) bond motifs is 4. The van der Waals surface area contributed by atoms with E-state index < -0.39 is 0 Å².